The van der Waals surface area contributed by atoms with Gasteiger partial charge in [0.2, 0.25) is 0 Å². The Balaban J connectivity index is 2.16. The number of amides is 1. The van der Waals surface area contributed by atoms with Crippen LogP contribution >= 0.6 is 0 Å². The first-order chi connectivity index (χ1) is 12.2. The molecule has 7 heteroatoms. The van der Waals surface area contributed by atoms with E-state index in [9.17, 15) is 14.4 Å². The standard InChI is InChI=1S/C19H29N3O4/c1-12(2)15-7-6-14(18(25)20-15)19(26)22-10-9-16(21(3)4)13(11-22)5-8-17(23)24/h6-7,12-13,16H,5,8-11H2,1-4H3,(H,20,25)(H,23,24). The number of carboxylic acids is 1. The molecule has 1 aliphatic heterocycles. The van der Waals surface area contributed by atoms with Gasteiger partial charge in [-0.05, 0) is 50.9 Å². The van der Waals surface area contributed by atoms with Crippen molar-refractivity contribution < 1.29 is 14.7 Å². The minimum Gasteiger partial charge on any atom is -0.481 e. The molecule has 2 N–H and O–H groups in total. The Morgan fingerprint density at radius 1 is 1.35 bits per heavy atom. The molecule has 0 spiro atoms. The molecule has 1 aromatic heterocycles. The summed E-state index contributed by atoms with van der Waals surface area (Å²) < 4.78 is 0. The second kappa shape index (κ2) is 8.49. The van der Waals surface area contributed by atoms with E-state index >= 15 is 0 Å². The van der Waals surface area contributed by atoms with Crippen LogP contribution in [-0.4, -0.2) is 65.0 Å². The van der Waals surface area contributed by atoms with Gasteiger partial charge >= 0.3 is 5.97 Å². The molecule has 2 heterocycles. The number of hydrogen-bond donors (Lipinski definition) is 2. The van der Waals surface area contributed by atoms with Crippen LogP contribution in [0, 0.1) is 5.92 Å². The van der Waals surface area contributed by atoms with Crippen LogP contribution in [0.2, 0.25) is 0 Å². The lowest BCUT2D eigenvalue weighted by molar-refractivity contribution is -0.137. The zero-order chi connectivity index (χ0) is 19.4. The molecule has 144 valence electrons. The van der Waals surface area contributed by atoms with Gasteiger partial charge in [-0.15, -0.1) is 0 Å². The van der Waals surface area contributed by atoms with Crippen LogP contribution in [-0.2, 0) is 4.79 Å². The van der Waals surface area contributed by atoms with Crippen LogP contribution in [0.15, 0.2) is 16.9 Å². The number of piperidine rings is 1. The lowest BCUT2D eigenvalue weighted by Crippen LogP contribution is -2.51. The summed E-state index contributed by atoms with van der Waals surface area (Å²) >= 11 is 0. The fraction of sp³-hybridized carbons (Fsp3) is 0.632. The predicted molar refractivity (Wildman–Crippen MR) is 99.5 cm³/mol. The van der Waals surface area contributed by atoms with E-state index in [-0.39, 0.29) is 41.3 Å². The van der Waals surface area contributed by atoms with E-state index in [1.54, 1.807) is 17.0 Å². The molecular weight excluding hydrogens is 334 g/mol. The maximum atomic E-state index is 12.8. The van der Waals surface area contributed by atoms with Crippen molar-refractivity contribution in [1.29, 1.82) is 0 Å². The van der Waals surface area contributed by atoms with Gasteiger partial charge in [-0.25, -0.2) is 0 Å². The van der Waals surface area contributed by atoms with Gasteiger partial charge in [0.15, 0.2) is 0 Å². The minimum atomic E-state index is -0.827. The number of rotatable bonds is 6. The molecule has 0 bridgehead atoms. The van der Waals surface area contributed by atoms with E-state index in [2.05, 4.69) is 9.88 Å². The average molecular weight is 363 g/mol. The highest BCUT2D eigenvalue weighted by molar-refractivity contribution is 5.94. The molecule has 2 atom stereocenters. The number of pyridine rings is 1. The first-order valence-electron chi connectivity index (χ1n) is 9.11. The highest BCUT2D eigenvalue weighted by atomic mass is 16.4. The zero-order valence-electron chi connectivity index (χ0n) is 16.0. The van der Waals surface area contributed by atoms with E-state index in [0.717, 1.165) is 12.1 Å². The van der Waals surface area contributed by atoms with Crippen LogP contribution in [0.3, 0.4) is 0 Å². The maximum Gasteiger partial charge on any atom is 0.303 e. The van der Waals surface area contributed by atoms with Gasteiger partial charge in [-0.3, -0.25) is 14.4 Å². The molecule has 0 aromatic carbocycles. The summed E-state index contributed by atoms with van der Waals surface area (Å²) in [5.41, 5.74) is 0.588. The summed E-state index contributed by atoms with van der Waals surface area (Å²) in [5.74, 6) is -0.846. The third-order valence-corrected chi connectivity index (χ3v) is 5.16. The average Bonchev–Trinajstić information content (AvgIpc) is 2.58. The van der Waals surface area contributed by atoms with E-state index in [0.29, 0.717) is 19.5 Å². The van der Waals surface area contributed by atoms with Gasteiger partial charge in [-0.1, -0.05) is 13.8 Å². The number of aromatic nitrogens is 1. The summed E-state index contributed by atoms with van der Waals surface area (Å²) in [7, 11) is 3.95. The van der Waals surface area contributed by atoms with Crippen LogP contribution in [0.4, 0.5) is 0 Å². The summed E-state index contributed by atoms with van der Waals surface area (Å²) in [6, 6.07) is 3.62. The molecule has 2 rings (SSSR count). The Labute approximate surface area is 154 Å². The third-order valence-electron chi connectivity index (χ3n) is 5.16. The smallest absolute Gasteiger partial charge is 0.303 e. The second-order valence-electron chi connectivity index (χ2n) is 7.57. The van der Waals surface area contributed by atoms with E-state index in [1.165, 1.54) is 0 Å². The largest absolute Gasteiger partial charge is 0.481 e. The molecule has 26 heavy (non-hydrogen) atoms. The molecule has 1 fully saturated rings. The second-order valence-corrected chi connectivity index (χ2v) is 7.57. The van der Waals surface area contributed by atoms with Crippen molar-refractivity contribution in [3.63, 3.8) is 0 Å². The Morgan fingerprint density at radius 3 is 2.58 bits per heavy atom. The molecule has 0 radical (unpaired) electrons. The summed E-state index contributed by atoms with van der Waals surface area (Å²) in [6.07, 6.45) is 1.37. The number of carbonyl (C=O) groups is 2. The number of likely N-dealkylation sites (tertiary alicyclic amines) is 1. The number of H-pyrrole nitrogens is 1. The van der Waals surface area contributed by atoms with Crippen molar-refractivity contribution in [2.24, 2.45) is 5.92 Å². The Morgan fingerprint density at radius 2 is 2.04 bits per heavy atom. The molecule has 1 aliphatic rings. The summed E-state index contributed by atoms with van der Waals surface area (Å²) in [4.78, 5) is 42.7. The number of carbonyl (C=O) groups excluding carboxylic acids is 1. The molecule has 1 aromatic rings. The van der Waals surface area contributed by atoms with Gasteiger partial charge in [0.25, 0.3) is 11.5 Å². The van der Waals surface area contributed by atoms with Crippen molar-refractivity contribution >= 4 is 11.9 Å². The van der Waals surface area contributed by atoms with Crippen molar-refractivity contribution in [1.82, 2.24) is 14.8 Å². The van der Waals surface area contributed by atoms with Gasteiger partial charge in [0.05, 0.1) is 0 Å². The highest BCUT2D eigenvalue weighted by Gasteiger charge is 2.33. The molecule has 1 amide bonds. The number of aliphatic carboxylic acids is 1. The fourth-order valence-corrected chi connectivity index (χ4v) is 3.64. The quantitative estimate of drug-likeness (QED) is 0.803. The number of nitrogens with zero attached hydrogens (tertiary/aromatic N) is 2. The first kappa shape index (κ1) is 20.2. The van der Waals surface area contributed by atoms with Gasteiger partial charge in [0, 0.05) is 31.2 Å². The molecule has 7 nitrogen and oxygen atoms in total. The van der Waals surface area contributed by atoms with E-state index < -0.39 is 5.97 Å². The number of aromatic amines is 1. The van der Waals surface area contributed by atoms with Crippen molar-refractivity contribution in [3.8, 4) is 0 Å². The fourth-order valence-electron chi connectivity index (χ4n) is 3.64. The Bertz CT molecular complexity index is 711. The minimum absolute atomic E-state index is 0.0767. The molecule has 1 saturated heterocycles. The van der Waals surface area contributed by atoms with Crippen molar-refractivity contribution in [2.75, 3.05) is 27.2 Å². The Kier molecular flexibility index (Phi) is 6.58. The molecular formula is C19H29N3O4. The lowest BCUT2D eigenvalue weighted by atomic mass is 9.87. The predicted octanol–water partition coefficient (Wildman–Crippen LogP) is 1.76. The van der Waals surface area contributed by atoms with Crippen molar-refractivity contribution in [3.05, 3.63) is 33.7 Å². The summed E-state index contributed by atoms with van der Waals surface area (Å²) in [5, 5.41) is 8.99. The van der Waals surface area contributed by atoms with Gasteiger partial charge in [0.1, 0.15) is 5.56 Å². The SMILES string of the molecule is CC(C)c1ccc(C(=O)N2CCC(N(C)C)C(CCC(=O)O)C2)c(=O)[nH]1. The molecule has 2 unspecified atom stereocenters. The lowest BCUT2D eigenvalue weighted by Gasteiger charge is -2.41. The highest BCUT2D eigenvalue weighted by Crippen LogP contribution is 2.25. The van der Waals surface area contributed by atoms with Crippen LogP contribution in [0.25, 0.3) is 0 Å². The van der Waals surface area contributed by atoms with E-state index in [1.807, 2.05) is 27.9 Å². The monoisotopic (exact) mass is 363 g/mol. The van der Waals surface area contributed by atoms with E-state index in [4.69, 9.17) is 5.11 Å². The number of hydrogen-bond acceptors (Lipinski definition) is 4. The van der Waals surface area contributed by atoms with Crippen LogP contribution < -0.4 is 5.56 Å². The van der Waals surface area contributed by atoms with Crippen LogP contribution in [0.1, 0.15) is 55.1 Å². The number of nitrogens with one attached hydrogen (secondary N) is 1. The third kappa shape index (κ3) is 4.72. The van der Waals surface area contributed by atoms with Crippen molar-refractivity contribution in [2.45, 2.75) is 45.1 Å². The molecule has 0 saturated carbocycles. The summed E-state index contributed by atoms with van der Waals surface area (Å²) in [6.45, 7) is 4.99. The normalized spacial score (nSPS) is 20.6. The van der Waals surface area contributed by atoms with Crippen LogP contribution in [0.5, 0.6) is 0 Å². The Hall–Kier alpha value is -2.15. The molecule has 0 aliphatic carbocycles. The van der Waals surface area contributed by atoms with Gasteiger partial charge < -0.3 is 19.9 Å². The topological polar surface area (TPSA) is 93.7 Å². The first-order valence-corrected chi connectivity index (χ1v) is 9.11. The zero-order valence-corrected chi connectivity index (χ0v) is 16.0. The van der Waals surface area contributed by atoms with Gasteiger partial charge in [-0.2, -0.15) is 0 Å². The number of carboxylic acid groups (broad SMARTS) is 1. The maximum absolute atomic E-state index is 12.8.